The predicted molar refractivity (Wildman–Crippen MR) is 51.2 cm³/mol. The number of aliphatic hydroxyl groups is 2. The third kappa shape index (κ3) is 11.5. The Morgan fingerprint density at radius 2 is 1.29 bits per heavy atom. The van der Waals surface area contributed by atoms with Crippen LogP contribution in [0.15, 0.2) is 0 Å². The minimum absolute atomic E-state index is 0. The van der Waals surface area contributed by atoms with E-state index in [9.17, 15) is 9.59 Å². The molecule has 0 saturated heterocycles. The molecule has 0 bridgehead atoms. The predicted octanol–water partition coefficient (Wildman–Crippen LogP) is -6.17. The van der Waals surface area contributed by atoms with E-state index in [1.807, 2.05) is 0 Å². The third-order valence-electron chi connectivity index (χ3n) is 0.844. The quantitative estimate of drug-likeness (QED) is 0.426. The van der Waals surface area contributed by atoms with Gasteiger partial charge in [-0.25, -0.2) is 0 Å². The molecule has 0 aliphatic heterocycles. The van der Waals surface area contributed by atoms with Gasteiger partial charge >= 0.3 is 121 Å². The zero-order valence-corrected chi connectivity index (χ0v) is 9.69. The maximum atomic E-state index is 10.3. The van der Waals surface area contributed by atoms with Crippen molar-refractivity contribution in [1.29, 1.82) is 0 Å². The number of aliphatic carboxylic acids is 1. The molecule has 14 heavy (non-hydrogen) atoms. The summed E-state index contributed by atoms with van der Waals surface area (Å²) in [7, 11) is 0. The molecule has 0 aromatic heterocycles. The van der Waals surface area contributed by atoms with Crippen LogP contribution in [0.4, 0.5) is 0 Å². The summed E-state index contributed by atoms with van der Waals surface area (Å²) in [5.74, 6) is -1.59. The first kappa shape index (κ1) is 29.5. The van der Waals surface area contributed by atoms with Gasteiger partial charge in [0.2, 0.25) is 0 Å². The normalized spacial score (nSPS) is 11.4. The van der Waals surface area contributed by atoms with Crippen LogP contribution in [0.5, 0.6) is 0 Å². The number of carboxylic acids is 1. The summed E-state index contributed by atoms with van der Waals surface area (Å²) >= 11 is 0.0958. The van der Waals surface area contributed by atoms with Crippen molar-refractivity contribution in [1.82, 2.24) is 0 Å². The second-order valence-corrected chi connectivity index (χ2v) is 3.25. The zero-order valence-electron chi connectivity index (χ0n) is 6.39. The summed E-state index contributed by atoms with van der Waals surface area (Å²) in [5, 5.41) is 25.2. The first-order chi connectivity index (χ1) is 4.46. The molecule has 0 amide bonds. The molecular weight excluding hydrogens is 337 g/mol. The van der Waals surface area contributed by atoms with Crippen molar-refractivity contribution in [3.05, 3.63) is 0 Å². The molecule has 0 rings (SSSR count). The van der Waals surface area contributed by atoms with Crippen LogP contribution in [-0.2, 0) is 9.59 Å². The second kappa shape index (κ2) is 14.4. The molecule has 0 aliphatic rings. The fourth-order valence-corrected chi connectivity index (χ4v) is 0.811. The number of carboxylic acid groups (broad SMARTS) is 1. The Hall–Kier alpha value is 1.39. The monoisotopic (exact) mass is 350 g/mol. The van der Waals surface area contributed by atoms with Crippen LogP contribution in [0, 0.1) is 0 Å². The average molecular weight is 351 g/mol. The van der Waals surface area contributed by atoms with E-state index in [4.69, 9.17) is 15.3 Å². The Bertz CT molecular complexity index is 145. The Morgan fingerprint density at radius 1 is 1.00 bits per heavy atom. The van der Waals surface area contributed by atoms with Crippen molar-refractivity contribution in [3.8, 4) is 0 Å². The van der Waals surface area contributed by atoms with Crippen molar-refractivity contribution in [2.75, 3.05) is 0 Å². The number of carbonyl (C=O) groups excluding carboxylic acids is 1. The van der Waals surface area contributed by atoms with E-state index >= 15 is 0 Å². The van der Waals surface area contributed by atoms with Gasteiger partial charge < -0.3 is 16.4 Å². The molecular formula is C4H14KO8Sb. The molecule has 10 heteroatoms. The molecule has 0 aromatic carbocycles. The van der Waals surface area contributed by atoms with E-state index in [1.54, 1.807) is 0 Å². The molecule has 84 valence electrons. The van der Waals surface area contributed by atoms with Crippen LogP contribution in [-0.4, -0.2) is 128 Å². The molecule has 0 fully saturated rings. The standard InChI is InChI=1S/C4H5O5.K.3H2O.Sb.3H/c5-1-2(6)3(7)4(8)9;;;;;;;;/h2-3,6-7H,(H,8,9);;3*1H2;;;;. The van der Waals surface area contributed by atoms with Gasteiger partial charge in [0.25, 0.3) is 0 Å². The second-order valence-electron chi connectivity index (χ2n) is 1.63. The van der Waals surface area contributed by atoms with E-state index in [1.165, 1.54) is 0 Å². The van der Waals surface area contributed by atoms with Crippen LogP contribution in [0.1, 0.15) is 0 Å². The van der Waals surface area contributed by atoms with Gasteiger partial charge in [0.05, 0.1) is 0 Å². The van der Waals surface area contributed by atoms with Crippen LogP contribution < -0.4 is 0 Å². The van der Waals surface area contributed by atoms with Crippen molar-refractivity contribution in [3.63, 3.8) is 0 Å². The number of rotatable bonds is 3. The van der Waals surface area contributed by atoms with Gasteiger partial charge in [-0.3, -0.25) is 0 Å². The number of aliphatic hydroxyl groups excluding tert-OH is 2. The Balaban J connectivity index is -0.0000000675. The third-order valence-corrected chi connectivity index (χ3v) is 1.82. The molecule has 0 spiro atoms. The topological polar surface area (TPSA) is 189 Å². The zero-order chi connectivity index (χ0) is 8.31. The Labute approximate surface area is 136 Å². The van der Waals surface area contributed by atoms with Crippen LogP contribution in [0.25, 0.3) is 0 Å². The molecule has 0 saturated carbocycles. The number of carbonyl (C=O) groups is 2. The summed E-state index contributed by atoms with van der Waals surface area (Å²) in [4.78, 5) is 20.2. The van der Waals surface area contributed by atoms with E-state index < -0.39 is 21.9 Å². The summed E-state index contributed by atoms with van der Waals surface area (Å²) in [6.07, 6.45) is -3.75. The van der Waals surface area contributed by atoms with Gasteiger partial charge in [-0.15, -0.1) is 0 Å². The van der Waals surface area contributed by atoms with Crippen molar-refractivity contribution >= 4 is 84.1 Å². The Morgan fingerprint density at radius 3 is 1.36 bits per heavy atom. The van der Waals surface area contributed by atoms with Gasteiger partial charge in [-0.1, -0.05) is 0 Å². The minimum atomic E-state index is -1.98. The average Bonchev–Trinajstić information content (AvgIpc) is 1.84. The van der Waals surface area contributed by atoms with E-state index in [-0.39, 0.29) is 90.8 Å². The molecule has 2 atom stereocenters. The molecule has 8 nitrogen and oxygen atoms in total. The molecule has 0 aromatic rings. The van der Waals surface area contributed by atoms with Gasteiger partial charge in [0.1, 0.15) is 0 Å². The number of hydrogen-bond acceptors (Lipinski definition) is 4. The van der Waals surface area contributed by atoms with Crippen molar-refractivity contribution in [2.24, 2.45) is 0 Å². The molecule has 9 N–H and O–H groups in total. The summed E-state index contributed by atoms with van der Waals surface area (Å²) in [6.45, 7) is 0. The molecule has 0 aliphatic carbocycles. The fraction of sp³-hybridized carbons (Fsp3) is 0.500. The summed E-state index contributed by atoms with van der Waals surface area (Å²) in [5.41, 5.74) is 0. The van der Waals surface area contributed by atoms with Crippen molar-refractivity contribution < 1.29 is 41.3 Å². The van der Waals surface area contributed by atoms with Crippen molar-refractivity contribution in [2.45, 2.75) is 12.2 Å². The van der Waals surface area contributed by atoms with Gasteiger partial charge in [0.15, 0.2) is 0 Å². The van der Waals surface area contributed by atoms with E-state index in [0.717, 1.165) is 0 Å². The molecule has 0 heterocycles. The van der Waals surface area contributed by atoms with E-state index in [0.29, 0.717) is 0 Å². The van der Waals surface area contributed by atoms with Crippen LogP contribution in [0.3, 0.4) is 0 Å². The van der Waals surface area contributed by atoms with Gasteiger partial charge in [0, 0.05) is 0 Å². The summed E-state index contributed by atoms with van der Waals surface area (Å²) < 4.78 is -0.639. The SMILES string of the molecule is O.O.O.O=C(O)C(O)C(O)[C](=O)[SbH2].[KH]. The maximum absolute atomic E-state index is 10.3. The molecule has 2 unspecified atom stereocenters. The van der Waals surface area contributed by atoms with E-state index in [2.05, 4.69) is 0 Å². The first-order valence-corrected chi connectivity index (χ1v) is 4.00. The summed E-state index contributed by atoms with van der Waals surface area (Å²) in [6, 6.07) is 0. The van der Waals surface area contributed by atoms with Crippen LogP contribution in [0.2, 0.25) is 0 Å². The van der Waals surface area contributed by atoms with Crippen LogP contribution >= 0.6 is 0 Å². The van der Waals surface area contributed by atoms with Gasteiger partial charge in [-0.05, 0) is 0 Å². The molecule has 0 radical (unpaired) electrons. The Kier molecular flexibility index (Phi) is 30.4. The first-order valence-electron chi connectivity index (χ1n) is 2.35. The van der Waals surface area contributed by atoms with Gasteiger partial charge in [-0.2, -0.15) is 0 Å². The number of hydrogen-bond donors (Lipinski definition) is 3. The fourth-order valence-electron chi connectivity index (χ4n) is 0.291.